The Morgan fingerprint density at radius 2 is 2.03 bits per heavy atom. The van der Waals surface area contributed by atoms with Crippen LogP contribution in [0.1, 0.15) is 75.1 Å². The van der Waals surface area contributed by atoms with Crippen LogP contribution < -0.4 is 0 Å². The molecule has 0 aromatic carbocycles. The van der Waals surface area contributed by atoms with Gasteiger partial charge in [-0.1, -0.05) is 56.0 Å². The van der Waals surface area contributed by atoms with Crippen molar-refractivity contribution in [2.24, 2.45) is 16.8 Å². The summed E-state index contributed by atoms with van der Waals surface area (Å²) >= 11 is 0. The molecule has 3 aliphatic rings. The van der Waals surface area contributed by atoms with Crippen LogP contribution in [-0.2, 0) is 17.1 Å². The molecule has 4 rings (SSSR count). The van der Waals surface area contributed by atoms with Crippen LogP contribution in [0.4, 0.5) is 0 Å². The van der Waals surface area contributed by atoms with Crippen LogP contribution in [0.3, 0.4) is 0 Å². The van der Waals surface area contributed by atoms with Gasteiger partial charge in [0.05, 0.1) is 17.0 Å². The van der Waals surface area contributed by atoms with Crippen molar-refractivity contribution in [2.45, 2.75) is 64.7 Å². The molecule has 1 saturated carbocycles. The molecular weight excluding hydrogens is 400 g/mol. The van der Waals surface area contributed by atoms with Gasteiger partial charge in [0.25, 0.3) is 0 Å². The van der Waals surface area contributed by atoms with Gasteiger partial charge in [-0.25, -0.2) is 0 Å². The van der Waals surface area contributed by atoms with Gasteiger partial charge in [0.2, 0.25) is 0 Å². The molecule has 0 saturated heterocycles. The normalized spacial score (nSPS) is 29.6. The topological polar surface area (TPSA) is 72.9 Å². The smallest absolute Gasteiger partial charge is 0.100 e. The van der Waals surface area contributed by atoms with E-state index in [0.717, 1.165) is 58.7 Å². The highest BCUT2D eigenvalue weighted by Crippen LogP contribution is 2.49. The van der Waals surface area contributed by atoms with Crippen molar-refractivity contribution >= 4 is 22.5 Å². The minimum absolute atomic E-state index is 0.329. The molecule has 4 nitrogen and oxygen atoms in total. The van der Waals surface area contributed by atoms with Gasteiger partial charge in [-0.05, 0) is 61.0 Å². The Morgan fingerprint density at radius 3 is 2.68 bits per heavy atom. The molecule has 1 fully saturated rings. The maximum absolute atomic E-state index is 10.3. The van der Waals surface area contributed by atoms with Crippen LogP contribution in [0, 0.1) is 27.9 Å². The van der Waals surface area contributed by atoms with E-state index >= 15 is 0 Å². The van der Waals surface area contributed by atoms with Crippen LogP contribution in [0.15, 0.2) is 45.6 Å². The number of aryl methyl sites for hydroxylation is 1. The van der Waals surface area contributed by atoms with E-state index in [9.17, 15) is 5.26 Å². The molecule has 0 amide bonds. The average Bonchev–Trinajstić information content (AvgIpc) is 2.81. The zero-order valence-electron chi connectivity index (χ0n) is 18.8. The van der Waals surface area contributed by atoms with Gasteiger partial charge in [-0.2, -0.15) is 5.26 Å². The second kappa shape index (κ2) is 9.44. The van der Waals surface area contributed by atoms with Crippen molar-refractivity contribution in [2.75, 3.05) is 6.26 Å². The van der Waals surface area contributed by atoms with Gasteiger partial charge in [-0.15, -0.1) is 0 Å². The Hall–Kier alpha value is -2.32. The van der Waals surface area contributed by atoms with Crippen LogP contribution in [0.25, 0.3) is 5.57 Å². The number of pyridine rings is 1. The van der Waals surface area contributed by atoms with E-state index in [1.54, 1.807) is 0 Å². The molecule has 3 unspecified atom stereocenters. The fraction of sp³-hybridized carbons (Fsp3) is 0.500. The third-order valence-electron chi connectivity index (χ3n) is 7.18. The summed E-state index contributed by atoms with van der Waals surface area (Å²) in [5.74, 6) is 1.52. The molecule has 2 heterocycles. The first-order valence-corrected chi connectivity index (χ1v) is 13.1. The number of hydrogen-bond acceptors (Lipinski definition) is 4. The van der Waals surface area contributed by atoms with E-state index < -0.39 is 10.7 Å². The SMILES string of the molecule is CCc1cnc2c(c1)C(C#N)=C(C1=C\CC\C=C(S(C)=N)/C=N/1)CC(C1CCC1)C2C. The van der Waals surface area contributed by atoms with Crippen molar-refractivity contribution in [3.05, 3.63) is 57.4 Å². The van der Waals surface area contributed by atoms with Gasteiger partial charge >= 0.3 is 0 Å². The molecule has 1 N–H and O–H groups in total. The zero-order valence-corrected chi connectivity index (χ0v) is 19.6. The van der Waals surface area contributed by atoms with E-state index in [4.69, 9.17) is 14.8 Å². The number of allylic oxidation sites excluding steroid dienone is 5. The van der Waals surface area contributed by atoms with Crippen molar-refractivity contribution < 1.29 is 0 Å². The highest BCUT2D eigenvalue weighted by molar-refractivity contribution is 7.90. The predicted octanol–water partition coefficient (Wildman–Crippen LogP) is 6.49. The maximum Gasteiger partial charge on any atom is 0.100 e. The summed E-state index contributed by atoms with van der Waals surface area (Å²) in [7, 11) is -0.564. The first-order valence-electron chi connectivity index (χ1n) is 11.5. The van der Waals surface area contributed by atoms with Crippen molar-refractivity contribution in [1.82, 2.24) is 4.98 Å². The van der Waals surface area contributed by atoms with E-state index in [2.05, 4.69) is 38.1 Å². The molecule has 1 aromatic heterocycles. The highest BCUT2D eigenvalue weighted by Gasteiger charge is 2.38. The van der Waals surface area contributed by atoms with Gasteiger partial charge < -0.3 is 0 Å². The van der Waals surface area contributed by atoms with Gasteiger partial charge in [-0.3, -0.25) is 14.8 Å². The Balaban J connectivity index is 1.88. The van der Waals surface area contributed by atoms with Gasteiger partial charge in [0, 0.05) is 28.8 Å². The maximum atomic E-state index is 10.3. The van der Waals surface area contributed by atoms with Crippen LogP contribution in [-0.4, -0.2) is 17.5 Å². The summed E-state index contributed by atoms with van der Waals surface area (Å²) in [5, 5.41) is 10.3. The number of nitrogens with one attached hydrogen (secondary N) is 1. The quantitative estimate of drug-likeness (QED) is 0.591. The second-order valence-electron chi connectivity index (χ2n) is 8.98. The third-order valence-corrected chi connectivity index (χ3v) is 8.16. The molecule has 2 aliphatic carbocycles. The lowest BCUT2D eigenvalue weighted by molar-refractivity contribution is 0.180. The summed E-state index contributed by atoms with van der Waals surface area (Å²) in [6.07, 6.45) is 17.5. The van der Waals surface area contributed by atoms with E-state index in [-0.39, 0.29) is 0 Å². The Morgan fingerprint density at radius 1 is 1.26 bits per heavy atom. The van der Waals surface area contributed by atoms with E-state index in [1.165, 1.54) is 24.8 Å². The fourth-order valence-corrected chi connectivity index (χ4v) is 5.63. The minimum Gasteiger partial charge on any atom is -0.276 e. The van der Waals surface area contributed by atoms with Crippen LogP contribution in [0.2, 0.25) is 0 Å². The number of aliphatic imine (C=N–C) groups is 1. The molecule has 0 bridgehead atoms. The lowest BCUT2D eigenvalue weighted by Gasteiger charge is -2.37. The number of hydrogen-bond donors (Lipinski definition) is 1. The highest BCUT2D eigenvalue weighted by atomic mass is 32.2. The Labute approximate surface area is 188 Å². The standard InChI is InChI=1S/C26H32N4S/c1-4-18-12-23-24(14-27)22(25-11-6-5-10-20(16-29-25)31(3)28)13-21(19-8-7-9-19)17(2)26(23)30-15-18/h10-12,15-17,19,21,28H,4-9,13H2,1-3H3/b20-10+,25-11-,29-16+. The average molecular weight is 433 g/mol. The Kier molecular flexibility index (Phi) is 6.67. The number of fused-ring (bicyclic) bond motifs is 1. The molecule has 0 spiro atoms. The number of nitrogens with zero attached hydrogens (tertiary/aromatic N) is 3. The number of nitriles is 1. The third kappa shape index (κ3) is 4.36. The van der Waals surface area contributed by atoms with E-state index in [0.29, 0.717) is 17.8 Å². The summed E-state index contributed by atoms with van der Waals surface area (Å²) in [4.78, 5) is 10.7. The fourth-order valence-electron chi connectivity index (χ4n) is 5.05. The first kappa shape index (κ1) is 21.9. The minimum atomic E-state index is -0.564. The van der Waals surface area contributed by atoms with Gasteiger partial charge in [0.1, 0.15) is 6.07 Å². The molecule has 0 radical (unpaired) electrons. The second-order valence-corrected chi connectivity index (χ2v) is 10.5. The lowest BCUT2D eigenvalue weighted by atomic mass is 9.68. The van der Waals surface area contributed by atoms with Crippen molar-refractivity contribution in [1.29, 1.82) is 10.0 Å². The monoisotopic (exact) mass is 432 g/mol. The van der Waals surface area contributed by atoms with Crippen molar-refractivity contribution in [3.8, 4) is 6.07 Å². The predicted molar refractivity (Wildman–Crippen MR) is 130 cm³/mol. The van der Waals surface area contributed by atoms with Crippen molar-refractivity contribution in [3.63, 3.8) is 0 Å². The summed E-state index contributed by atoms with van der Waals surface area (Å²) in [6.45, 7) is 4.44. The summed E-state index contributed by atoms with van der Waals surface area (Å²) in [6, 6.07) is 4.75. The molecule has 1 aliphatic heterocycles. The van der Waals surface area contributed by atoms with Crippen LogP contribution >= 0.6 is 0 Å². The van der Waals surface area contributed by atoms with Crippen LogP contribution in [0.5, 0.6) is 0 Å². The molecule has 162 valence electrons. The Bertz CT molecular complexity index is 1050. The summed E-state index contributed by atoms with van der Waals surface area (Å²) < 4.78 is 8.13. The molecule has 31 heavy (non-hydrogen) atoms. The van der Waals surface area contributed by atoms with E-state index in [1.807, 2.05) is 18.7 Å². The zero-order chi connectivity index (χ0) is 22.0. The molecule has 5 heteroatoms. The summed E-state index contributed by atoms with van der Waals surface area (Å²) in [5.41, 5.74) is 6.03. The largest absolute Gasteiger partial charge is 0.276 e. The van der Waals surface area contributed by atoms with Gasteiger partial charge in [0.15, 0.2) is 0 Å². The first-order chi connectivity index (χ1) is 15.0. The molecular formula is C26H32N4S. The molecule has 3 atom stereocenters. The number of rotatable bonds is 4. The molecule has 1 aromatic rings. The number of aromatic nitrogens is 1. The lowest BCUT2D eigenvalue weighted by Crippen LogP contribution is -2.27.